The van der Waals surface area contributed by atoms with Gasteiger partial charge in [0.2, 0.25) is 0 Å². The third-order valence-electron chi connectivity index (χ3n) is 7.06. The Kier molecular flexibility index (Phi) is 9.07. The number of aromatic nitrogens is 1. The van der Waals surface area contributed by atoms with Crippen LogP contribution < -0.4 is 38.6 Å². The molecule has 1 aliphatic heterocycles. The molecule has 0 radical (unpaired) electrons. The first-order valence-corrected chi connectivity index (χ1v) is 13.9. The van der Waals surface area contributed by atoms with Crippen LogP contribution in [0.1, 0.15) is 37.9 Å². The third kappa shape index (κ3) is 5.41. The van der Waals surface area contributed by atoms with Gasteiger partial charge in [-0.1, -0.05) is 11.3 Å². The van der Waals surface area contributed by atoms with Gasteiger partial charge in [0, 0.05) is 30.8 Å². The van der Waals surface area contributed by atoms with Gasteiger partial charge in [-0.2, -0.15) is 0 Å². The van der Waals surface area contributed by atoms with Crippen molar-refractivity contribution in [1.29, 1.82) is 0 Å². The van der Waals surface area contributed by atoms with Crippen LogP contribution in [0.2, 0.25) is 0 Å². The summed E-state index contributed by atoms with van der Waals surface area (Å²) < 4.78 is 29.7. The van der Waals surface area contributed by atoms with Crippen LogP contribution in [0.25, 0.3) is 6.08 Å². The minimum Gasteiger partial charge on any atom is -0.497 e. The predicted molar refractivity (Wildman–Crippen MR) is 157 cm³/mol. The Labute approximate surface area is 242 Å². The number of benzene rings is 2. The summed E-state index contributed by atoms with van der Waals surface area (Å²) >= 11 is 1.22. The molecule has 11 heteroatoms. The Bertz CT molecular complexity index is 1640. The van der Waals surface area contributed by atoms with Crippen LogP contribution in [0.15, 0.2) is 51.4 Å². The molecule has 0 unspecified atom stereocenters. The second kappa shape index (κ2) is 12.5. The van der Waals surface area contributed by atoms with Gasteiger partial charge >= 0.3 is 0 Å². The first-order valence-electron chi connectivity index (χ1n) is 13.1. The predicted octanol–water partition coefficient (Wildman–Crippen LogP) is 3.15. The second-order valence-corrected chi connectivity index (χ2v) is 10.1. The number of ether oxygens (including phenoxy) is 5. The number of carbonyl (C=O) groups excluding carboxylic acids is 1. The summed E-state index contributed by atoms with van der Waals surface area (Å²) in [7, 11) is 7.75. The lowest BCUT2D eigenvalue weighted by atomic mass is 9.93. The average molecular weight is 582 g/mol. The molecule has 1 amide bonds. The molecule has 1 atom stereocenters. The maximum Gasteiger partial charge on any atom is 0.271 e. The number of fused-ring (bicyclic) bond motifs is 1. The van der Waals surface area contributed by atoms with Crippen molar-refractivity contribution in [2.75, 3.05) is 48.6 Å². The molecule has 4 rings (SSSR count). The Morgan fingerprint density at radius 1 is 0.927 bits per heavy atom. The summed E-state index contributed by atoms with van der Waals surface area (Å²) in [5, 5.41) is 0. The van der Waals surface area contributed by atoms with E-state index < -0.39 is 6.04 Å². The van der Waals surface area contributed by atoms with E-state index in [1.807, 2.05) is 13.8 Å². The third-order valence-corrected chi connectivity index (χ3v) is 8.05. The number of methoxy groups -OCH3 is 5. The highest BCUT2D eigenvalue weighted by molar-refractivity contribution is 7.07. The molecule has 0 N–H and O–H groups in total. The minimum absolute atomic E-state index is 0.195. The zero-order chi connectivity index (χ0) is 29.8. The molecule has 0 fully saturated rings. The number of thiazole rings is 1. The van der Waals surface area contributed by atoms with Crippen LogP contribution in [0.4, 0.5) is 0 Å². The lowest BCUT2D eigenvalue weighted by molar-refractivity contribution is -0.127. The minimum atomic E-state index is -0.800. The summed E-state index contributed by atoms with van der Waals surface area (Å²) in [6.45, 7) is 6.65. The van der Waals surface area contributed by atoms with Crippen LogP contribution in [0.3, 0.4) is 0 Å². The zero-order valence-corrected chi connectivity index (χ0v) is 25.4. The van der Waals surface area contributed by atoms with E-state index in [0.29, 0.717) is 73.6 Å². The maximum atomic E-state index is 14.2. The largest absolute Gasteiger partial charge is 0.497 e. The molecule has 0 spiro atoms. The van der Waals surface area contributed by atoms with Gasteiger partial charge in [0.05, 0.1) is 56.9 Å². The van der Waals surface area contributed by atoms with E-state index in [1.165, 1.54) is 25.6 Å². The van der Waals surface area contributed by atoms with Gasteiger partial charge in [0.1, 0.15) is 34.8 Å². The molecule has 2 heterocycles. The molecule has 0 bridgehead atoms. The zero-order valence-electron chi connectivity index (χ0n) is 24.6. The fraction of sp³-hybridized carbons (Fsp3) is 0.367. The Morgan fingerprint density at radius 2 is 1.54 bits per heavy atom. The molecule has 10 nitrogen and oxygen atoms in total. The fourth-order valence-corrected chi connectivity index (χ4v) is 5.96. The van der Waals surface area contributed by atoms with Crippen molar-refractivity contribution >= 4 is 23.3 Å². The summed E-state index contributed by atoms with van der Waals surface area (Å²) in [4.78, 5) is 35.1. The van der Waals surface area contributed by atoms with E-state index in [-0.39, 0.29) is 11.5 Å². The van der Waals surface area contributed by atoms with Gasteiger partial charge in [-0.05, 0) is 45.0 Å². The van der Waals surface area contributed by atoms with Gasteiger partial charge in [-0.15, -0.1) is 0 Å². The lowest BCUT2D eigenvalue weighted by Crippen LogP contribution is -2.43. The molecule has 218 valence electrons. The molecule has 0 aliphatic carbocycles. The van der Waals surface area contributed by atoms with Gasteiger partial charge < -0.3 is 28.6 Å². The van der Waals surface area contributed by atoms with Gasteiger partial charge in [0.25, 0.3) is 11.5 Å². The van der Waals surface area contributed by atoms with Crippen molar-refractivity contribution < 1.29 is 28.5 Å². The fourth-order valence-electron chi connectivity index (χ4n) is 4.93. The molecule has 1 aliphatic rings. The number of allylic oxidation sites excluding steroid dienone is 1. The number of likely N-dealkylation sites (N-methyl/N-ethyl adjacent to an activating group) is 1. The lowest BCUT2D eigenvalue weighted by Gasteiger charge is -2.30. The second-order valence-electron chi connectivity index (χ2n) is 9.11. The van der Waals surface area contributed by atoms with Crippen molar-refractivity contribution in [3.63, 3.8) is 0 Å². The number of hydrogen-bond acceptors (Lipinski definition) is 9. The molecule has 2 aromatic carbocycles. The smallest absolute Gasteiger partial charge is 0.271 e. The molecule has 3 aromatic rings. The molecule has 41 heavy (non-hydrogen) atoms. The SMILES string of the molecule is CCN(CC)C(=O)C1=C(C)N=c2s/c(=C/c3c(OC)cc(OC)cc3OC)c(=O)n2[C@@H]1c1cc(OC)ccc1OC. The summed E-state index contributed by atoms with van der Waals surface area (Å²) in [6, 6.07) is 7.99. The number of carbonyl (C=O) groups is 1. The van der Waals surface area contributed by atoms with Crippen LogP contribution >= 0.6 is 11.3 Å². The van der Waals surface area contributed by atoms with Gasteiger partial charge in [0.15, 0.2) is 4.80 Å². The monoisotopic (exact) mass is 581 g/mol. The van der Waals surface area contributed by atoms with Gasteiger partial charge in [-0.25, -0.2) is 4.99 Å². The number of nitrogens with zero attached hydrogens (tertiary/aromatic N) is 3. The van der Waals surface area contributed by atoms with E-state index >= 15 is 0 Å². The maximum absolute atomic E-state index is 14.2. The van der Waals surface area contributed by atoms with Crippen LogP contribution in [-0.2, 0) is 4.79 Å². The summed E-state index contributed by atoms with van der Waals surface area (Å²) in [6.07, 6.45) is 1.71. The number of hydrogen-bond donors (Lipinski definition) is 0. The topological polar surface area (TPSA) is 101 Å². The molecular weight excluding hydrogens is 546 g/mol. The Morgan fingerprint density at radius 3 is 2.07 bits per heavy atom. The van der Waals surface area contributed by atoms with E-state index in [9.17, 15) is 9.59 Å². The highest BCUT2D eigenvalue weighted by atomic mass is 32.1. The van der Waals surface area contributed by atoms with Crippen LogP contribution in [0.5, 0.6) is 28.7 Å². The average Bonchev–Trinajstić information content (AvgIpc) is 3.30. The molecule has 0 saturated heterocycles. The Balaban J connectivity index is 2.06. The quantitative estimate of drug-likeness (QED) is 0.363. The van der Waals surface area contributed by atoms with Crippen molar-refractivity contribution in [3.8, 4) is 28.7 Å². The summed E-state index contributed by atoms with van der Waals surface area (Å²) in [5.41, 5.74) is 1.81. The van der Waals surface area contributed by atoms with Crippen molar-refractivity contribution in [2.24, 2.45) is 4.99 Å². The van der Waals surface area contributed by atoms with E-state index in [4.69, 9.17) is 28.7 Å². The highest BCUT2D eigenvalue weighted by Gasteiger charge is 2.36. The van der Waals surface area contributed by atoms with Gasteiger partial charge in [-0.3, -0.25) is 14.2 Å². The highest BCUT2D eigenvalue weighted by Crippen LogP contribution is 2.38. The van der Waals surface area contributed by atoms with E-state index in [1.54, 1.807) is 74.1 Å². The van der Waals surface area contributed by atoms with Crippen molar-refractivity contribution in [1.82, 2.24) is 9.47 Å². The normalized spacial score (nSPS) is 14.7. The van der Waals surface area contributed by atoms with E-state index in [0.717, 1.165) is 0 Å². The number of amides is 1. The first kappa shape index (κ1) is 29.7. The van der Waals surface area contributed by atoms with Crippen molar-refractivity contribution in [2.45, 2.75) is 26.8 Å². The van der Waals surface area contributed by atoms with Crippen LogP contribution in [-0.4, -0.2) is 64.0 Å². The molecule has 0 saturated carbocycles. The van der Waals surface area contributed by atoms with Crippen LogP contribution in [0, 0.1) is 0 Å². The number of rotatable bonds is 10. The molecule has 1 aromatic heterocycles. The Hall–Kier alpha value is -4.25. The summed E-state index contributed by atoms with van der Waals surface area (Å²) in [5.74, 6) is 2.40. The van der Waals surface area contributed by atoms with E-state index in [2.05, 4.69) is 0 Å². The van der Waals surface area contributed by atoms with Crippen molar-refractivity contribution in [3.05, 3.63) is 72.4 Å². The standard InChI is InChI=1S/C30H35N3O7S/c1-9-32(10-2)29(35)26-17(3)31-30-33(27(26)21-13-18(36-4)11-12-22(21)38-6)28(34)25(41-30)16-20-23(39-7)14-19(37-5)15-24(20)40-8/h11-16,27H,9-10H2,1-8H3/b25-16+/t27-/m1/s1. The first-order chi connectivity index (χ1) is 19.8. The molecular formula is C30H35N3O7S.